The van der Waals surface area contributed by atoms with E-state index in [4.69, 9.17) is 9.47 Å². The number of rotatable bonds is 12. The van der Waals surface area contributed by atoms with Crippen LogP contribution in [0.15, 0.2) is 60.7 Å². The average molecular weight is 610 g/mol. The Morgan fingerprint density at radius 3 is 1.77 bits per heavy atom. The SMILES string of the molecule is CCC(C)N(C(=O)C(NC(=O)OC(C)(C)C)C(C)C)C(C(=O)NC(Cc1ccccc1)C(=O)OC(C)(C)C)c1ccccc1. The van der Waals surface area contributed by atoms with Crippen molar-refractivity contribution in [3.63, 3.8) is 0 Å². The lowest BCUT2D eigenvalue weighted by molar-refractivity contribution is -0.159. The lowest BCUT2D eigenvalue weighted by Crippen LogP contribution is -2.58. The second kappa shape index (κ2) is 15.7. The summed E-state index contributed by atoms with van der Waals surface area (Å²) in [5.74, 6) is -1.85. The number of nitrogens with one attached hydrogen (secondary N) is 2. The highest BCUT2D eigenvalue weighted by Gasteiger charge is 2.41. The molecule has 9 heteroatoms. The van der Waals surface area contributed by atoms with E-state index in [-0.39, 0.29) is 12.3 Å². The van der Waals surface area contributed by atoms with Crippen molar-refractivity contribution in [2.75, 3.05) is 0 Å². The second-order valence-electron chi connectivity index (χ2n) is 13.5. The van der Waals surface area contributed by atoms with Gasteiger partial charge in [0.2, 0.25) is 11.8 Å². The van der Waals surface area contributed by atoms with Crippen molar-refractivity contribution in [1.82, 2.24) is 15.5 Å². The van der Waals surface area contributed by atoms with Gasteiger partial charge in [-0.15, -0.1) is 0 Å². The molecule has 0 saturated heterocycles. The van der Waals surface area contributed by atoms with E-state index in [9.17, 15) is 19.2 Å². The Morgan fingerprint density at radius 2 is 1.30 bits per heavy atom. The minimum Gasteiger partial charge on any atom is -0.458 e. The third-order valence-corrected chi connectivity index (χ3v) is 6.86. The van der Waals surface area contributed by atoms with Crippen LogP contribution in [-0.2, 0) is 30.3 Å². The summed E-state index contributed by atoms with van der Waals surface area (Å²) >= 11 is 0. The minimum atomic E-state index is -1.10. The summed E-state index contributed by atoms with van der Waals surface area (Å²) in [4.78, 5) is 56.5. The molecule has 0 aromatic heterocycles. The molecule has 0 aliphatic carbocycles. The Bertz CT molecular complexity index is 1230. The quantitative estimate of drug-likeness (QED) is 0.287. The summed E-state index contributed by atoms with van der Waals surface area (Å²) < 4.78 is 11.1. The highest BCUT2D eigenvalue weighted by molar-refractivity contribution is 5.94. The van der Waals surface area contributed by atoms with Crippen LogP contribution in [0.3, 0.4) is 0 Å². The van der Waals surface area contributed by atoms with Gasteiger partial charge in [0.1, 0.15) is 29.3 Å². The molecule has 3 amide bonds. The van der Waals surface area contributed by atoms with Crippen molar-refractivity contribution >= 4 is 23.9 Å². The van der Waals surface area contributed by atoms with Gasteiger partial charge in [-0.3, -0.25) is 9.59 Å². The van der Waals surface area contributed by atoms with Crippen LogP contribution >= 0.6 is 0 Å². The van der Waals surface area contributed by atoms with Gasteiger partial charge in [0.15, 0.2) is 0 Å². The molecule has 2 rings (SSSR count). The Morgan fingerprint density at radius 1 is 0.773 bits per heavy atom. The summed E-state index contributed by atoms with van der Waals surface area (Å²) in [6, 6.07) is 14.9. The first-order chi connectivity index (χ1) is 20.4. The summed E-state index contributed by atoms with van der Waals surface area (Å²) in [6.45, 7) is 18.0. The molecule has 0 radical (unpaired) electrons. The van der Waals surface area contributed by atoms with E-state index in [0.29, 0.717) is 12.0 Å². The van der Waals surface area contributed by atoms with Gasteiger partial charge in [-0.1, -0.05) is 81.4 Å². The van der Waals surface area contributed by atoms with E-state index in [1.54, 1.807) is 65.8 Å². The molecule has 44 heavy (non-hydrogen) atoms. The normalized spacial score (nSPS) is 14.5. The fraction of sp³-hybridized carbons (Fsp3) is 0.543. The number of carbonyl (C=O) groups is 4. The number of hydrogen-bond donors (Lipinski definition) is 2. The molecule has 9 nitrogen and oxygen atoms in total. The molecule has 4 atom stereocenters. The lowest BCUT2D eigenvalue weighted by Gasteiger charge is -2.39. The van der Waals surface area contributed by atoms with Gasteiger partial charge < -0.3 is 25.0 Å². The molecule has 0 saturated carbocycles. The summed E-state index contributed by atoms with van der Waals surface area (Å²) in [5, 5.41) is 5.66. The van der Waals surface area contributed by atoms with Gasteiger partial charge in [0.05, 0.1) is 0 Å². The van der Waals surface area contributed by atoms with Gasteiger partial charge in [0.25, 0.3) is 0 Å². The van der Waals surface area contributed by atoms with E-state index in [2.05, 4.69) is 10.6 Å². The van der Waals surface area contributed by atoms with E-state index >= 15 is 0 Å². The molecule has 0 spiro atoms. The molecule has 0 bridgehead atoms. The monoisotopic (exact) mass is 609 g/mol. The minimum absolute atomic E-state index is 0.203. The predicted molar refractivity (Wildman–Crippen MR) is 172 cm³/mol. The van der Waals surface area contributed by atoms with Crippen LogP contribution < -0.4 is 10.6 Å². The highest BCUT2D eigenvalue weighted by atomic mass is 16.6. The first-order valence-corrected chi connectivity index (χ1v) is 15.4. The molecule has 4 unspecified atom stereocenters. The molecule has 0 heterocycles. The highest BCUT2D eigenvalue weighted by Crippen LogP contribution is 2.28. The fourth-order valence-electron chi connectivity index (χ4n) is 4.64. The van der Waals surface area contributed by atoms with Crippen LogP contribution in [0.25, 0.3) is 0 Å². The summed E-state index contributed by atoms with van der Waals surface area (Å²) in [6.07, 6.45) is 0.0241. The standard InChI is InChI=1S/C35H51N3O6/c1-11-24(4)38(31(40)28(23(2)3)37-33(42)44-35(8,9)10)29(26-20-16-13-17-21-26)30(39)36-27(32(41)43-34(5,6)7)22-25-18-14-12-15-19-25/h12-21,23-24,27-29H,11,22H2,1-10H3,(H,36,39)(H,37,42). The first kappa shape index (κ1) is 36.3. The topological polar surface area (TPSA) is 114 Å². The maximum atomic E-state index is 14.4. The van der Waals surface area contributed by atoms with Crippen molar-refractivity contribution in [2.45, 2.75) is 117 Å². The summed E-state index contributed by atoms with van der Waals surface area (Å²) in [5.41, 5.74) is -0.115. The number of nitrogens with zero attached hydrogens (tertiary/aromatic N) is 1. The number of carbonyl (C=O) groups excluding carboxylic acids is 4. The molecule has 242 valence electrons. The number of ether oxygens (including phenoxy) is 2. The van der Waals surface area contributed by atoms with Crippen molar-refractivity contribution in [3.8, 4) is 0 Å². The Kier molecular flexibility index (Phi) is 13.0. The zero-order valence-electron chi connectivity index (χ0n) is 28.0. The van der Waals surface area contributed by atoms with Gasteiger partial charge in [-0.05, 0) is 71.9 Å². The molecule has 2 aromatic rings. The van der Waals surface area contributed by atoms with Crippen molar-refractivity contribution < 1.29 is 28.7 Å². The lowest BCUT2D eigenvalue weighted by atomic mass is 9.96. The molecule has 0 aliphatic rings. The van der Waals surface area contributed by atoms with Crippen molar-refractivity contribution in [3.05, 3.63) is 71.8 Å². The van der Waals surface area contributed by atoms with Crippen LogP contribution in [-0.4, -0.2) is 58.1 Å². The van der Waals surface area contributed by atoms with E-state index in [1.165, 1.54) is 4.90 Å². The van der Waals surface area contributed by atoms with Crippen molar-refractivity contribution in [2.24, 2.45) is 5.92 Å². The van der Waals surface area contributed by atoms with E-state index in [1.807, 2.05) is 64.1 Å². The van der Waals surface area contributed by atoms with Gasteiger partial charge >= 0.3 is 12.1 Å². The Balaban J connectivity index is 2.57. The maximum absolute atomic E-state index is 14.4. The second-order valence-corrected chi connectivity index (χ2v) is 13.5. The molecule has 2 aromatic carbocycles. The number of amides is 3. The van der Waals surface area contributed by atoms with Gasteiger partial charge in [0, 0.05) is 12.5 Å². The molecule has 2 N–H and O–H groups in total. The van der Waals surface area contributed by atoms with Crippen LogP contribution in [0.5, 0.6) is 0 Å². The smallest absolute Gasteiger partial charge is 0.408 e. The van der Waals surface area contributed by atoms with Crippen LogP contribution in [0, 0.1) is 5.92 Å². The van der Waals surface area contributed by atoms with Crippen molar-refractivity contribution in [1.29, 1.82) is 0 Å². The Labute approximate surface area is 263 Å². The summed E-state index contributed by atoms with van der Waals surface area (Å²) in [7, 11) is 0. The average Bonchev–Trinajstić information content (AvgIpc) is 2.92. The number of esters is 1. The molecule has 0 fully saturated rings. The van der Waals surface area contributed by atoms with Crippen LogP contribution in [0.2, 0.25) is 0 Å². The number of benzene rings is 2. The van der Waals surface area contributed by atoms with Crippen LogP contribution in [0.4, 0.5) is 4.79 Å². The number of hydrogen-bond acceptors (Lipinski definition) is 6. The molecular weight excluding hydrogens is 558 g/mol. The van der Waals surface area contributed by atoms with Crippen LogP contribution in [0.1, 0.15) is 92.8 Å². The molecule has 0 aliphatic heterocycles. The van der Waals surface area contributed by atoms with E-state index in [0.717, 1.165) is 5.56 Å². The third kappa shape index (κ3) is 11.3. The zero-order valence-corrected chi connectivity index (χ0v) is 28.0. The maximum Gasteiger partial charge on any atom is 0.408 e. The Hall–Kier alpha value is -3.88. The fourth-order valence-corrected chi connectivity index (χ4v) is 4.64. The third-order valence-electron chi connectivity index (χ3n) is 6.86. The first-order valence-electron chi connectivity index (χ1n) is 15.4. The van der Waals surface area contributed by atoms with Gasteiger partial charge in [-0.25, -0.2) is 9.59 Å². The van der Waals surface area contributed by atoms with E-state index < -0.39 is 59.2 Å². The van der Waals surface area contributed by atoms with Gasteiger partial charge in [-0.2, -0.15) is 0 Å². The molecular formula is C35H51N3O6. The largest absolute Gasteiger partial charge is 0.458 e. The number of alkyl carbamates (subject to hydrolysis) is 1. The zero-order chi connectivity index (χ0) is 33.2. The predicted octanol–water partition coefficient (Wildman–Crippen LogP) is 5.97.